The van der Waals surface area contributed by atoms with Crippen LogP contribution in [0.2, 0.25) is 0 Å². The molecule has 1 heterocycles. The largest absolute Gasteiger partial charge is 0.392 e. The van der Waals surface area contributed by atoms with Gasteiger partial charge in [-0.25, -0.2) is 0 Å². The maximum atomic E-state index is 11.2. The molecule has 1 aliphatic heterocycles. The van der Waals surface area contributed by atoms with Crippen LogP contribution in [0.5, 0.6) is 0 Å². The first-order valence-corrected chi connectivity index (χ1v) is 7.51. The Morgan fingerprint density at radius 1 is 1.52 bits per heavy atom. The quantitative estimate of drug-likeness (QED) is 0.622. The van der Waals surface area contributed by atoms with Gasteiger partial charge < -0.3 is 10.4 Å². The first-order chi connectivity index (χ1) is 10.1. The Labute approximate surface area is 124 Å². The number of nitrogens with zero attached hydrogens (tertiary/aromatic N) is 2. The molecule has 0 radical (unpaired) electrons. The number of aliphatic hydroxyl groups excluding tert-OH is 1. The maximum Gasteiger partial charge on any atom is 0.292 e. The zero-order chi connectivity index (χ0) is 15.2. The molecule has 1 aliphatic rings. The summed E-state index contributed by atoms with van der Waals surface area (Å²) in [6, 6.07) is 5.34. The van der Waals surface area contributed by atoms with Crippen molar-refractivity contribution < 1.29 is 10.0 Å². The zero-order valence-corrected chi connectivity index (χ0v) is 12.4. The third kappa shape index (κ3) is 4.41. The van der Waals surface area contributed by atoms with E-state index >= 15 is 0 Å². The van der Waals surface area contributed by atoms with Crippen molar-refractivity contribution in [1.82, 2.24) is 4.90 Å². The number of hydrogen-bond donors (Lipinski definition) is 2. The van der Waals surface area contributed by atoms with Crippen LogP contribution in [0, 0.1) is 10.1 Å². The summed E-state index contributed by atoms with van der Waals surface area (Å²) >= 11 is 0. The summed E-state index contributed by atoms with van der Waals surface area (Å²) < 4.78 is 0. The van der Waals surface area contributed by atoms with Crippen LogP contribution in [0.15, 0.2) is 18.2 Å². The molecular weight excluding hydrogens is 270 g/mol. The number of nitro groups is 1. The van der Waals surface area contributed by atoms with E-state index in [4.69, 9.17) is 0 Å². The standard InChI is InChI=1S/C15H23N3O3/c1-2-7-16-14-6-5-12(9-15(14)18(20)21)10-17-8-3-4-13(19)11-17/h5-6,9,13,16,19H,2-4,7-8,10-11H2,1H3. The van der Waals surface area contributed by atoms with E-state index in [1.165, 1.54) is 0 Å². The van der Waals surface area contributed by atoms with Gasteiger partial charge >= 0.3 is 0 Å². The topological polar surface area (TPSA) is 78.6 Å². The average molecular weight is 293 g/mol. The van der Waals surface area contributed by atoms with Gasteiger partial charge in [0.15, 0.2) is 0 Å². The summed E-state index contributed by atoms with van der Waals surface area (Å²) in [6.07, 6.45) is 2.46. The minimum atomic E-state index is -0.341. The lowest BCUT2D eigenvalue weighted by molar-refractivity contribution is -0.384. The molecule has 0 aromatic heterocycles. The lowest BCUT2D eigenvalue weighted by Crippen LogP contribution is -2.37. The summed E-state index contributed by atoms with van der Waals surface area (Å²) in [5.74, 6) is 0. The fourth-order valence-electron chi connectivity index (χ4n) is 2.67. The van der Waals surface area contributed by atoms with Gasteiger partial charge in [0.05, 0.1) is 11.0 Å². The number of rotatable bonds is 6. The molecule has 0 spiro atoms. The summed E-state index contributed by atoms with van der Waals surface area (Å²) in [5.41, 5.74) is 1.61. The number of benzene rings is 1. The van der Waals surface area contributed by atoms with Gasteiger partial charge in [0.1, 0.15) is 5.69 Å². The highest BCUT2D eigenvalue weighted by Gasteiger charge is 2.19. The van der Waals surface area contributed by atoms with E-state index < -0.39 is 0 Å². The van der Waals surface area contributed by atoms with E-state index in [0.29, 0.717) is 18.8 Å². The first kappa shape index (κ1) is 15.7. The Hall–Kier alpha value is -1.66. The van der Waals surface area contributed by atoms with Crippen molar-refractivity contribution in [3.05, 3.63) is 33.9 Å². The Bertz CT molecular complexity index is 493. The van der Waals surface area contributed by atoms with Gasteiger partial charge in [-0.15, -0.1) is 0 Å². The third-order valence-corrected chi connectivity index (χ3v) is 3.71. The highest BCUT2D eigenvalue weighted by molar-refractivity contribution is 5.62. The maximum absolute atomic E-state index is 11.2. The fraction of sp³-hybridized carbons (Fsp3) is 0.600. The highest BCUT2D eigenvalue weighted by Crippen LogP contribution is 2.26. The van der Waals surface area contributed by atoms with Crippen LogP contribution in [0.25, 0.3) is 0 Å². The lowest BCUT2D eigenvalue weighted by Gasteiger charge is -2.29. The predicted octanol–water partition coefficient (Wildman–Crippen LogP) is 2.37. The minimum Gasteiger partial charge on any atom is -0.392 e. The van der Waals surface area contributed by atoms with E-state index in [1.807, 2.05) is 13.0 Å². The second kappa shape index (κ2) is 7.38. The van der Waals surface area contributed by atoms with E-state index in [2.05, 4.69) is 10.2 Å². The van der Waals surface area contributed by atoms with Crippen molar-refractivity contribution in [3.8, 4) is 0 Å². The van der Waals surface area contributed by atoms with E-state index in [9.17, 15) is 15.2 Å². The van der Waals surface area contributed by atoms with Crippen molar-refractivity contribution in [2.45, 2.75) is 38.8 Å². The first-order valence-electron chi connectivity index (χ1n) is 7.51. The normalized spacial score (nSPS) is 19.4. The molecule has 0 aliphatic carbocycles. The molecule has 21 heavy (non-hydrogen) atoms. The van der Waals surface area contributed by atoms with Crippen LogP contribution in [0.4, 0.5) is 11.4 Å². The van der Waals surface area contributed by atoms with Crippen LogP contribution < -0.4 is 5.32 Å². The number of hydrogen-bond acceptors (Lipinski definition) is 5. The third-order valence-electron chi connectivity index (χ3n) is 3.71. The fourth-order valence-corrected chi connectivity index (χ4v) is 2.67. The lowest BCUT2D eigenvalue weighted by atomic mass is 10.1. The smallest absolute Gasteiger partial charge is 0.292 e. The van der Waals surface area contributed by atoms with Crippen molar-refractivity contribution in [2.75, 3.05) is 25.0 Å². The van der Waals surface area contributed by atoms with Gasteiger partial charge in [0.25, 0.3) is 5.69 Å². The average Bonchev–Trinajstić information content (AvgIpc) is 2.45. The molecule has 116 valence electrons. The number of nitrogens with one attached hydrogen (secondary N) is 1. The summed E-state index contributed by atoms with van der Waals surface area (Å²) in [7, 11) is 0. The molecule has 1 aromatic rings. The molecule has 1 atom stereocenters. The number of β-amino-alcohol motifs (C(OH)–C–C–N with tert-alkyl or cyclic N) is 1. The van der Waals surface area contributed by atoms with Crippen molar-refractivity contribution in [3.63, 3.8) is 0 Å². The van der Waals surface area contributed by atoms with Crippen molar-refractivity contribution >= 4 is 11.4 Å². The number of nitro benzene ring substituents is 1. The second-order valence-corrected chi connectivity index (χ2v) is 5.57. The predicted molar refractivity (Wildman–Crippen MR) is 82.4 cm³/mol. The molecule has 1 unspecified atom stereocenters. The monoisotopic (exact) mass is 293 g/mol. The van der Waals surface area contributed by atoms with Crippen LogP contribution in [0.1, 0.15) is 31.7 Å². The number of likely N-dealkylation sites (tertiary alicyclic amines) is 1. The van der Waals surface area contributed by atoms with Gasteiger partial charge in [-0.05, 0) is 37.4 Å². The number of anilines is 1. The molecule has 0 bridgehead atoms. The highest BCUT2D eigenvalue weighted by atomic mass is 16.6. The van der Waals surface area contributed by atoms with Crippen LogP contribution in [-0.2, 0) is 6.54 Å². The van der Waals surface area contributed by atoms with E-state index in [0.717, 1.165) is 37.9 Å². The summed E-state index contributed by atoms with van der Waals surface area (Å²) in [4.78, 5) is 13.0. The van der Waals surface area contributed by atoms with Crippen LogP contribution in [-0.4, -0.2) is 40.7 Å². The van der Waals surface area contributed by atoms with Crippen molar-refractivity contribution in [1.29, 1.82) is 0 Å². The van der Waals surface area contributed by atoms with Gasteiger partial charge in [0.2, 0.25) is 0 Å². The molecule has 2 N–H and O–H groups in total. The van der Waals surface area contributed by atoms with Crippen molar-refractivity contribution in [2.24, 2.45) is 0 Å². The molecule has 6 nitrogen and oxygen atoms in total. The Morgan fingerprint density at radius 3 is 3.00 bits per heavy atom. The zero-order valence-electron chi connectivity index (χ0n) is 12.4. The molecule has 1 fully saturated rings. The van der Waals surface area contributed by atoms with Gasteiger partial charge in [0, 0.05) is 25.7 Å². The number of aliphatic hydroxyl groups is 1. The summed E-state index contributed by atoms with van der Waals surface area (Å²) in [5, 5.41) is 24.0. The Kier molecular flexibility index (Phi) is 5.52. The van der Waals surface area contributed by atoms with Crippen LogP contribution in [0.3, 0.4) is 0 Å². The SMILES string of the molecule is CCCNc1ccc(CN2CCCC(O)C2)cc1[N+](=O)[O-]. The summed E-state index contributed by atoms with van der Waals surface area (Å²) in [6.45, 7) is 4.96. The molecule has 6 heteroatoms. The molecule has 2 rings (SSSR count). The van der Waals surface area contributed by atoms with Gasteiger partial charge in [-0.3, -0.25) is 15.0 Å². The Balaban J connectivity index is 2.09. The van der Waals surface area contributed by atoms with E-state index in [1.54, 1.807) is 12.1 Å². The van der Waals surface area contributed by atoms with Crippen LogP contribution >= 0.6 is 0 Å². The molecule has 0 amide bonds. The molecule has 1 saturated heterocycles. The molecular formula is C15H23N3O3. The van der Waals surface area contributed by atoms with E-state index in [-0.39, 0.29) is 16.7 Å². The number of piperidine rings is 1. The second-order valence-electron chi connectivity index (χ2n) is 5.57. The molecule has 1 aromatic carbocycles. The van der Waals surface area contributed by atoms with Gasteiger partial charge in [-0.1, -0.05) is 13.0 Å². The minimum absolute atomic E-state index is 0.124. The van der Waals surface area contributed by atoms with Gasteiger partial charge in [-0.2, -0.15) is 0 Å². The Morgan fingerprint density at radius 2 is 2.33 bits per heavy atom. The molecule has 0 saturated carbocycles.